The summed E-state index contributed by atoms with van der Waals surface area (Å²) in [5.74, 6) is -0.219. The number of carbonyl (C=O) groups excluding carboxylic acids is 1. The van der Waals surface area contributed by atoms with Crippen molar-refractivity contribution in [1.29, 1.82) is 0 Å². The lowest BCUT2D eigenvalue weighted by Crippen LogP contribution is -2.24. The van der Waals surface area contributed by atoms with Gasteiger partial charge in [-0.3, -0.25) is 4.79 Å². The summed E-state index contributed by atoms with van der Waals surface area (Å²) >= 11 is 0. The van der Waals surface area contributed by atoms with E-state index in [0.717, 1.165) is 22.3 Å². The van der Waals surface area contributed by atoms with E-state index in [4.69, 9.17) is 4.74 Å². The number of aryl methyl sites for hydroxylation is 1. The van der Waals surface area contributed by atoms with Crippen LogP contribution in [0.4, 0.5) is 0 Å². The number of aromatic nitrogens is 2. The number of ether oxygens (including phenoxy) is 1. The minimum Gasteiger partial charge on any atom is -0.460 e. The van der Waals surface area contributed by atoms with Gasteiger partial charge in [-0.1, -0.05) is 0 Å². The van der Waals surface area contributed by atoms with Gasteiger partial charge in [0.1, 0.15) is 11.2 Å². The predicted molar refractivity (Wildman–Crippen MR) is 70.4 cm³/mol. The van der Waals surface area contributed by atoms with E-state index in [9.17, 15) is 4.79 Å². The zero-order valence-corrected chi connectivity index (χ0v) is 11.2. The van der Waals surface area contributed by atoms with Gasteiger partial charge in [-0.25, -0.2) is 4.98 Å². The molecule has 2 rings (SSSR count). The van der Waals surface area contributed by atoms with Crippen LogP contribution in [-0.2, 0) is 16.0 Å². The molecular weight excluding hydrogens is 228 g/mol. The first-order chi connectivity index (χ1) is 8.35. The van der Waals surface area contributed by atoms with Crippen molar-refractivity contribution in [3.05, 3.63) is 29.6 Å². The highest BCUT2D eigenvalue weighted by atomic mass is 16.6. The maximum atomic E-state index is 11.8. The molecule has 2 heterocycles. The average molecular weight is 246 g/mol. The summed E-state index contributed by atoms with van der Waals surface area (Å²) in [5, 5.41) is 0.978. The number of pyridine rings is 1. The predicted octanol–water partition coefficient (Wildman–Crippen LogP) is 2.76. The number of H-pyrrole nitrogens is 1. The molecule has 0 spiro atoms. The molecule has 2 aromatic heterocycles. The van der Waals surface area contributed by atoms with Crippen LogP contribution < -0.4 is 0 Å². The zero-order valence-electron chi connectivity index (χ0n) is 11.2. The Morgan fingerprint density at radius 1 is 1.39 bits per heavy atom. The lowest BCUT2D eigenvalue weighted by Gasteiger charge is -2.19. The SMILES string of the molecule is Cc1ccc2c(CC(=O)OC(C)(C)C)c[nH]c2n1. The first-order valence-electron chi connectivity index (χ1n) is 6.00. The summed E-state index contributed by atoms with van der Waals surface area (Å²) < 4.78 is 5.31. The van der Waals surface area contributed by atoms with E-state index in [1.165, 1.54) is 0 Å². The lowest BCUT2D eigenvalue weighted by atomic mass is 10.1. The number of rotatable bonds is 2. The van der Waals surface area contributed by atoms with Crippen molar-refractivity contribution in [1.82, 2.24) is 9.97 Å². The molecule has 0 saturated carbocycles. The van der Waals surface area contributed by atoms with Gasteiger partial charge in [0.15, 0.2) is 0 Å². The first kappa shape index (κ1) is 12.6. The second-order valence-electron chi connectivity index (χ2n) is 5.43. The van der Waals surface area contributed by atoms with Crippen LogP contribution in [0, 0.1) is 6.92 Å². The Morgan fingerprint density at radius 3 is 2.78 bits per heavy atom. The molecule has 0 saturated heterocycles. The summed E-state index contributed by atoms with van der Waals surface area (Å²) in [6.07, 6.45) is 2.09. The van der Waals surface area contributed by atoms with Crippen molar-refractivity contribution in [2.45, 2.75) is 39.7 Å². The van der Waals surface area contributed by atoms with Crippen LogP contribution in [0.1, 0.15) is 32.0 Å². The first-order valence-corrected chi connectivity index (χ1v) is 6.00. The average Bonchev–Trinajstić information content (AvgIpc) is 2.57. The van der Waals surface area contributed by atoms with Gasteiger partial charge in [0.05, 0.1) is 6.42 Å². The van der Waals surface area contributed by atoms with Crippen molar-refractivity contribution in [3.63, 3.8) is 0 Å². The summed E-state index contributed by atoms with van der Waals surface area (Å²) in [5.41, 5.74) is 2.24. The fourth-order valence-electron chi connectivity index (χ4n) is 1.84. The number of nitrogens with one attached hydrogen (secondary N) is 1. The Hall–Kier alpha value is -1.84. The summed E-state index contributed by atoms with van der Waals surface area (Å²) in [6.45, 7) is 7.54. The van der Waals surface area contributed by atoms with Crippen LogP contribution in [0.15, 0.2) is 18.3 Å². The van der Waals surface area contributed by atoms with E-state index in [1.807, 2.05) is 46.0 Å². The second-order valence-corrected chi connectivity index (χ2v) is 5.43. The topological polar surface area (TPSA) is 55.0 Å². The molecular formula is C14H18N2O2. The van der Waals surface area contributed by atoms with Crippen molar-refractivity contribution in [2.75, 3.05) is 0 Å². The van der Waals surface area contributed by atoms with Gasteiger partial charge in [0.25, 0.3) is 0 Å². The van der Waals surface area contributed by atoms with E-state index < -0.39 is 5.60 Å². The largest absolute Gasteiger partial charge is 0.460 e. The molecule has 0 radical (unpaired) electrons. The van der Waals surface area contributed by atoms with Crippen molar-refractivity contribution >= 4 is 17.0 Å². The molecule has 18 heavy (non-hydrogen) atoms. The highest BCUT2D eigenvalue weighted by Crippen LogP contribution is 2.18. The van der Waals surface area contributed by atoms with E-state index in [2.05, 4.69) is 9.97 Å². The third-order valence-corrected chi connectivity index (χ3v) is 2.52. The summed E-state index contributed by atoms with van der Waals surface area (Å²) in [4.78, 5) is 19.2. The highest BCUT2D eigenvalue weighted by Gasteiger charge is 2.17. The van der Waals surface area contributed by atoms with Crippen molar-refractivity contribution < 1.29 is 9.53 Å². The summed E-state index contributed by atoms with van der Waals surface area (Å²) in [7, 11) is 0. The van der Waals surface area contributed by atoms with Crippen LogP contribution in [0.25, 0.3) is 11.0 Å². The van der Waals surface area contributed by atoms with E-state index in [1.54, 1.807) is 0 Å². The monoisotopic (exact) mass is 246 g/mol. The maximum absolute atomic E-state index is 11.8. The molecule has 0 amide bonds. The van der Waals surface area contributed by atoms with Gasteiger partial charge in [0.2, 0.25) is 0 Å². The van der Waals surface area contributed by atoms with Crippen LogP contribution in [0.5, 0.6) is 0 Å². The Bertz CT molecular complexity index is 579. The molecule has 0 aliphatic rings. The van der Waals surface area contributed by atoms with Crippen LogP contribution >= 0.6 is 0 Å². The van der Waals surface area contributed by atoms with Gasteiger partial charge in [-0.2, -0.15) is 0 Å². The maximum Gasteiger partial charge on any atom is 0.310 e. The fraction of sp³-hybridized carbons (Fsp3) is 0.429. The van der Waals surface area contributed by atoms with Crippen molar-refractivity contribution in [2.24, 2.45) is 0 Å². The minimum atomic E-state index is -0.446. The molecule has 0 bridgehead atoms. The molecule has 4 heteroatoms. The van der Waals surface area contributed by atoms with E-state index in [0.29, 0.717) is 0 Å². The van der Waals surface area contributed by atoms with E-state index >= 15 is 0 Å². The standard InChI is InChI=1S/C14H18N2O2/c1-9-5-6-11-10(8-15-13(11)16-9)7-12(17)18-14(2,3)4/h5-6,8H,7H2,1-4H3,(H,15,16). The third kappa shape index (κ3) is 2.88. The van der Waals surface area contributed by atoms with E-state index in [-0.39, 0.29) is 12.4 Å². The third-order valence-electron chi connectivity index (χ3n) is 2.52. The molecule has 96 valence electrons. The van der Waals surface area contributed by atoms with Crippen LogP contribution in [0.2, 0.25) is 0 Å². The number of hydrogen-bond donors (Lipinski definition) is 1. The number of fused-ring (bicyclic) bond motifs is 1. The van der Waals surface area contributed by atoms with Crippen LogP contribution in [0.3, 0.4) is 0 Å². The van der Waals surface area contributed by atoms with Gasteiger partial charge in [0, 0.05) is 17.3 Å². The molecule has 0 aliphatic carbocycles. The molecule has 0 aliphatic heterocycles. The van der Waals surface area contributed by atoms with Gasteiger partial charge >= 0.3 is 5.97 Å². The molecule has 2 aromatic rings. The zero-order chi connectivity index (χ0) is 13.3. The Kier molecular flexibility index (Phi) is 3.11. The highest BCUT2D eigenvalue weighted by molar-refractivity contribution is 5.85. The Morgan fingerprint density at radius 2 is 2.11 bits per heavy atom. The molecule has 0 atom stereocenters. The normalized spacial score (nSPS) is 11.8. The molecule has 0 fully saturated rings. The minimum absolute atomic E-state index is 0.219. The lowest BCUT2D eigenvalue weighted by molar-refractivity contribution is -0.153. The molecule has 1 N–H and O–H groups in total. The molecule has 0 aromatic carbocycles. The number of nitrogens with zero attached hydrogens (tertiary/aromatic N) is 1. The van der Waals surface area contributed by atoms with Crippen molar-refractivity contribution in [3.8, 4) is 0 Å². The number of carbonyl (C=O) groups is 1. The second kappa shape index (κ2) is 4.44. The number of aromatic amines is 1. The quantitative estimate of drug-likeness (QED) is 0.829. The van der Waals surface area contributed by atoms with Gasteiger partial charge in [-0.05, 0) is 45.4 Å². The molecule has 0 unspecified atom stereocenters. The van der Waals surface area contributed by atoms with Gasteiger partial charge in [-0.15, -0.1) is 0 Å². The van der Waals surface area contributed by atoms with Crippen LogP contribution in [-0.4, -0.2) is 21.5 Å². The number of hydrogen-bond acceptors (Lipinski definition) is 3. The Balaban J connectivity index is 2.20. The Labute approximate surface area is 106 Å². The summed E-state index contributed by atoms with van der Waals surface area (Å²) in [6, 6.07) is 3.92. The molecule has 4 nitrogen and oxygen atoms in total. The smallest absolute Gasteiger partial charge is 0.310 e. The van der Waals surface area contributed by atoms with Gasteiger partial charge < -0.3 is 9.72 Å². The number of esters is 1. The fourth-order valence-corrected chi connectivity index (χ4v) is 1.84.